The molecular weight excluding hydrogens is 390 g/mol. The van der Waals surface area contributed by atoms with Gasteiger partial charge in [0.15, 0.2) is 0 Å². The van der Waals surface area contributed by atoms with E-state index in [2.05, 4.69) is 50.0 Å². The number of aryl methyl sites for hydroxylation is 1. The summed E-state index contributed by atoms with van der Waals surface area (Å²) in [6.07, 6.45) is 8.46. The molecule has 0 saturated heterocycles. The van der Waals surface area contributed by atoms with E-state index in [1.807, 2.05) is 6.07 Å². The highest BCUT2D eigenvalue weighted by atomic mass is 35.5. The second kappa shape index (κ2) is 11.3. The average Bonchev–Trinajstić information content (AvgIpc) is 2.71. The fourth-order valence-electron chi connectivity index (χ4n) is 4.33. The molecule has 0 amide bonds. The molecule has 30 heavy (non-hydrogen) atoms. The summed E-state index contributed by atoms with van der Waals surface area (Å²) >= 11 is 6.33. The van der Waals surface area contributed by atoms with Crippen molar-refractivity contribution < 1.29 is 0 Å². The van der Waals surface area contributed by atoms with Gasteiger partial charge in [0.25, 0.3) is 0 Å². The summed E-state index contributed by atoms with van der Waals surface area (Å²) < 4.78 is 0. The van der Waals surface area contributed by atoms with E-state index in [0.717, 1.165) is 48.2 Å². The van der Waals surface area contributed by atoms with Gasteiger partial charge >= 0.3 is 0 Å². The number of rotatable bonds is 11. The number of nitrogens with zero attached hydrogens (tertiary/aromatic N) is 2. The molecule has 1 aliphatic rings. The van der Waals surface area contributed by atoms with E-state index in [9.17, 15) is 0 Å². The van der Waals surface area contributed by atoms with Crippen molar-refractivity contribution in [1.29, 1.82) is 0 Å². The topological polar surface area (TPSA) is 28.2 Å². The standard InChI is InChI=1S/C26H40ClN3/c1-19(2)12-16-30(17-13-20(3)4)15-7-14-28-26-22-8-5-6-9-24(22)29-25-11-10-21(27)18-23(25)26/h10-11,18-20H,5-9,12-17H2,1-4H3,(H,28,29). The Morgan fingerprint density at radius 1 is 1.00 bits per heavy atom. The molecule has 0 radical (unpaired) electrons. The van der Waals surface area contributed by atoms with E-state index in [1.54, 1.807) is 0 Å². The number of fused-ring (bicyclic) bond motifs is 2. The number of halogens is 1. The maximum atomic E-state index is 6.33. The van der Waals surface area contributed by atoms with Gasteiger partial charge < -0.3 is 10.2 Å². The molecule has 3 rings (SSSR count). The van der Waals surface area contributed by atoms with Crippen molar-refractivity contribution in [2.75, 3.05) is 31.5 Å². The van der Waals surface area contributed by atoms with Gasteiger partial charge in [-0.3, -0.25) is 4.98 Å². The highest BCUT2D eigenvalue weighted by Gasteiger charge is 2.18. The van der Waals surface area contributed by atoms with Crippen molar-refractivity contribution in [3.63, 3.8) is 0 Å². The molecule has 1 aromatic carbocycles. The van der Waals surface area contributed by atoms with Crippen LogP contribution in [0, 0.1) is 11.8 Å². The second-order valence-electron chi connectivity index (χ2n) is 9.77. The van der Waals surface area contributed by atoms with E-state index >= 15 is 0 Å². The van der Waals surface area contributed by atoms with Crippen LogP contribution in [0.2, 0.25) is 5.02 Å². The molecule has 4 heteroatoms. The molecule has 3 nitrogen and oxygen atoms in total. The summed E-state index contributed by atoms with van der Waals surface area (Å²) in [5.41, 5.74) is 5.06. The van der Waals surface area contributed by atoms with E-state index in [0.29, 0.717) is 0 Å². The lowest BCUT2D eigenvalue weighted by Crippen LogP contribution is -2.30. The zero-order valence-corrected chi connectivity index (χ0v) is 20.2. The van der Waals surface area contributed by atoms with Crippen molar-refractivity contribution in [2.24, 2.45) is 11.8 Å². The Labute approximate surface area is 188 Å². The molecule has 0 fully saturated rings. The van der Waals surface area contributed by atoms with Crippen molar-refractivity contribution >= 4 is 28.2 Å². The van der Waals surface area contributed by atoms with E-state index in [4.69, 9.17) is 16.6 Å². The quantitative estimate of drug-likeness (QED) is 0.391. The highest BCUT2D eigenvalue weighted by molar-refractivity contribution is 6.31. The SMILES string of the molecule is CC(C)CCN(CCCNc1c2c(nc3ccc(Cl)cc13)CCCC2)CCC(C)C. The van der Waals surface area contributed by atoms with Crippen LogP contribution in [0.15, 0.2) is 18.2 Å². The number of benzene rings is 1. The molecular formula is C26H40ClN3. The van der Waals surface area contributed by atoms with Gasteiger partial charge in [-0.1, -0.05) is 39.3 Å². The van der Waals surface area contributed by atoms with Gasteiger partial charge in [-0.25, -0.2) is 0 Å². The Morgan fingerprint density at radius 2 is 1.70 bits per heavy atom. The lowest BCUT2D eigenvalue weighted by molar-refractivity contribution is 0.243. The maximum absolute atomic E-state index is 6.33. The first kappa shape index (κ1) is 23.3. The van der Waals surface area contributed by atoms with Crippen LogP contribution < -0.4 is 5.32 Å². The third-order valence-corrected chi connectivity index (χ3v) is 6.46. The second-order valence-corrected chi connectivity index (χ2v) is 10.2. The number of pyridine rings is 1. The molecule has 0 spiro atoms. The first-order valence-corrected chi connectivity index (χ1v) is 12.4. The van der Waals surface area contributed by atoms with Crippen LogP contribution in [-0.2, 0) is 12.8 Å². The zero-order valence-electron chi connectivity index (χ0n) is 19.4. The molecule has 0 aliphatic heterocycles. The first-order valence-electron chi connectivity index (χ1n) is 12.0. The summed E-state index contributed by atoms with van der Waals surface area (Å²) in [6.45, 7) is 13.9. The number of hydrogen-bond acceptors (Lipinski definition) is 3. The molecule has 2 aromatic rings. The summed E-state index contributed by atoms with van der Waals surface area (Å²) in [5, 5.41) is 5.77. The van der Waals surface area contributed by atoms with Crippen LogP contribution >= 0.6 is 11.6 Å². The highest BCUT2D eigenvalue weighted by Crippen LogP contribution is 2.34. The van der Waals surface area contributed by atoms with Crippen molar-refractivity contribution in [2.45, 2.75) is 72.6 Å². The lowest BCUT2D eigenvalue weighted by Gasteiger charge is -2.25. The molecule has 1 N–H and O–H groups in total. The zero-order chi connectivity index (χ0) is 21.5. The van der Waals surface area contributed by atoms with E-state index in [-0.39, 0.29) is 0 Å². The van der Waals surface area contributed by atoms with Crippen LogP contribution in [0.25, 0.3) is 10.9 Å². The summed E-state index contributed by atoms with van der Waals surface area (Å²) in [7, 11) is 0. The Bertz CT molecular complexity index is 804. The summed E-state index contributed by atoms with van der Waals surface area (Å²) in [5.74, 6) is 1.54. The minimum absolute atomic E-state index is 0.768. The van der Waals surface area contributed by atoms with Gasteiger partial charge in [-0.05, 0) is 100 Å². The number of nitrogens with one attached hydrogen (secondary N) is 1. The number of hydrogen-bond donors (Lipinski definition) is 1. The molecule has 1 heterocycles. The Hall–Kier alpha value is -1.32. The predicted molar refractivity (Wildman–Crippen MR) is 132 cm³/mol. The normalized spacial score (nSPS) is 14.1. The van der Waals surface area contributed by atoms with Crippen molar-refractivity contribution in [3.05, 3.63) is 34.5 Å². The van der Waals surface area contributed by atoms with Gasteiger partial charge in [0.1, 0.15) is 0 Å². The average molecular weight is 430 g/mol. The summed E-state index contributed by atoms with van der Waals surface area (Å²) in [6, 6.07) is 6.10. The molecule has 166 valence electrons. The molecule has 1 aromatic heterocycles. The predicted octanol–water partition coefficient (Wildman–Crippen LogP) is 6.96. The molecule has 0 bridgehead atoms. The van der Waals surface area contributed by atoms with E-state index in [1.165, 1.54) is 67.6 Å². The van der Waals surface area contributed by atoms with Gasteiger partial charge in [0, 0.05) is 28.3 Å². The smallest absolute Gasteiger partial charge is 0.0727 e. The third kappa shape index (κ3) is 6.59. The van der Waals surface area contributed by atoms with Crippen LogP contribution in [0.3, 0.4) is 0 Å². The van der Waals surface area contributed by atoms with Crippen molar-refractivity contribution in [3.8, 4) is 0 Å². The van der Waals surface area contributed by atoms with Gasteiger partial charge in [0.2, 0.25) is 0 Å². The third-order valence-electron chi connectivity index (χ3n) is 6.22. The van der Waals surface area contributed by atoms with Gasteiger partial charge in [-0.2, -0.15) is 0 Å². The van der Waals surface area contributed by atoms with Gasteiger partial charge in [0.05, 0.1) is 5.52 Å². The molecule has 0 unspecified atom stereocenters. The molecule has 0 atom stereocenters. The largest absolute Gasteiger partial charge is 0.384 e. The Balaban J connectivity index is 1.66. The minimum atomic E-state index is 0.768. The first-order chi connectivity index (χ1) is 14.4. The minimum Gasteiger partial charge on any atom is -0.384 e. The van der Waals surface area contributed by atoms with E-state index < -0.39 is 0 Å². The Kier molecular flexibility index (Phi) is 8.83. The fraction of sp³-hybridized carbons (Fsp3) is 0.654. The maximum Gasteiger partial charge on any atom is 0.0727 e. The molecule has 0 saturated carbocycles. The van der Waals surface area contributed by atoms with Crippen LogP contribution in [0.4, 0.5) is 5.69 Å². The number of anilines is 1. The fourth-order valence-corrected chi connectivity index (χ4v) is 4.50. The number of aromatic nitrogens is 1. The van der Waals surface area contributed by atoms with Crippen LogP contribution in [-0.4, -0.2) is 36.1 Å². The monoisotopic (exact) mass is 429 g/mol. The Morgan fingerprint density at radius 3 is 2.40 bits per heavy atom. The summed E-state index contributed by atoms with van der Waals surface area (Å²) in [4.78, 5) is 7.61. The van der Waals surface area contributed by atoms with Gasteiger partial charge in [-0.15, -0.1) is 0 Å². The molecule has 1 aliphatic carbocycles. The lowest BCUT2D eigenvalue weighted by atomic mass is 9.92. The van der Waals surface area contributed by atoms with Crippen LogP contribution in [0.1, 0.15) is 71.1 Å². The van der Waals surface area contributed by atoms with Crippen LogP contribution in [0.5, 0.6) is 0 Å². The van der Waals surface area contributed by atoms with Crippen molar-refractivity contribution in [1.82, 2.24) is 9.88 Å².